The van der Waals surface area contributed by atoms with E-state index >= 15 is 0 Å². The molecule has 1 heterocycles. The van der Waals surface area contributed by atoms with Crippen molar-refractivity contribution in [3.05, 3.63) is 17.5 Å². The molecule has 0 amide bonds. The molecule has 0 atom stereocenters. The molecule has 0 aromatic carbocycles. The van der Waals surface area contributed by atoms with Crippen molar-refractivity contribution < 1.29 is 8.42 Å². The molecule has 6 heteroatoms. The molecule has 0 N–H and O–H groups in total. The molecule has 1 aromatic rings. The van der Waals surface area contributed by atoms with E-state index in [2.05, 4.69) is 5.10 Å². The molecular formula is C9H13ClN2O2S. The van der Waals surface area contributed by atoms with Crippen molar-refractivity contribution in [1.29, 1.82) is 0 Å². The summed E-state index contributed by atoms with van der Waals surface area (Å²) >= 11 is 0. The Bertz CT molecular complexity index is 488. The predicted molar refractivity (Wildman–Crippen MR) is 58.4 cm³/mol. The Morgan fingerprint density at radius 1 is 1.60 bits per heavy atom. The van der Waals surface area contributed by atoms with Gasteiger partial charge in [0.25, 0.3) is 0 Å². The Hall–Kier alpha value is -0.550. The Kier molecular flexibility index (Phi) is 2.35. The van der Waals surface area contributed by atoms with Crippen molar-refractivity contribution in [2.24, 2.45) is 7.05 Å². The van der Waals surface area contributed by atoms with E-state index in [0.29, 0.717) is 19.3 Å². The first-order valence-electron chi connectivity index (χ1n) is 4.77. The largest absolute Gasteiger partial charge is 0.273 e. The van der Waals surface area contributed by atoms with E-state index in [4.69, 9.17) is 10.7 Å². The smallest absolute Gasteiger partial charge is 0.238 e. The number of rotatable bonds is 3. The summed E-state index contributed by atoms with van der Waals surface area (Å²) in [6.07, 6.45) is 3.52. The second-order valence-corrected chi connectivity index (χ2v) is 7.14. The average Bonchev–Trinajstić information content (AvgIpc) is 2.84. The Balaban J connectivity index is 2.27. The van der Waals surface area contributed by atoms with Gasteiger partial charge in [-0.15, -0.1) is 0 Å². The molecule has 1 aromatic heterocycles. The van der Waals surface area contributed by atoms with Crippen LogP contribution in [0, 0.1) is 6.92 Å². The number of halogens is 1. The SMILES string of the molecule is Cc1c(CC2(S(=O)(=O)Cl)CC2)cnn1C. The molecule has 2 rings (SSSR count). The van der Waals surface area contributed by atoms with Crippen LogP contribution in [0.2, 0.25) is 0 Å². The third-order valence-electron chi connectivity index (χ3n) is 3.17. The molecule has 0 saturated heterocycles. The third-order valence-corrected chi connectivity index (χ3v) is 5.74. The van der Waals surface area contributed by atoms with Gasteiger partial charge in [0.1, 0.15) is 0 Å². The van der Waals surface area contributed by atoms with Gasteiger partial charge in [0.15, 0.2) is 0 Å². The molecule has 1 aliphatic carbocycles. The zero-order valence-corrected chi connectivity index (χ0v) is 10.3. The topological polar surface area (TPSA) is 52.0 Å². The fourth-order valence-electron chi connectivity index (χ4n) is 1.71. The average molecular weight is 249 g/mol. The molecule has 4 nitrogen and oxygen atoms in total. The van der Waals surface area contributed by atoms with Gasteiger partial charge >= 0.3 is 0 Å². The molecular weight excluding hydrogens is 236 g/mol. The maximum Gasteiger partial charge on any atom is 0.238 e. The molecule has 0 aliphatic heterocycles. The van der Waals surface area contributed by atoms with Crippen LogP contribution in [0.1, 0.15) is 24.1 Å². The third kappa shape index (κ3) is 1.78. The lowest BCUT2D eigenvalue weighted by atomic mass is 10.1. The lowest BCUT2D eigenvalue weighted by Crippen LogP contribution is -2.21. The van der Waals surface area contributed by atoms with Crippen LogP contribution in [0.5, 0.6) is 0 Å². The van der Waals surface area contributed by atoms with Crippen molar-refractivity contribution >= 4 is 19.7 Å². The van der Waals surface area contributed by atoms with E-state index in [-0.39, 0.29) is 0 Å². The monoisotopic (exact) mass is 248 g/mol. The highest BCUT2D eigenvalue weighted by atomic mass is 35.7. The van der Waals surface area contributed by atoms with Gasteiger partial charge in [0.2, 0.25) is 9.05 Å². The van der Waals surface area contributed by atoms with E-state index in [1.807, 2.05) is 14.0 Å². The maximum atomic E-state index is 11.4. The summed E-state index contributed by atoms with van der Waals surface area (Å²) < 4.78 is 23.8. The van der Waals surface area contributed by atoms with Crippen molar-refractivity contribution in [2.75, 3.05) is 0 Å². The van der Waals surface area contributed by atoms with Crippen molar-refractivity contribution in [3.8, 4) is 0 Å². The van der Waals surface area contributed by atoms with Gasteiger partial charge in [-0.2, -0.15) is 5.10 Å². The molecule has 15 heavy (non-hydrogen) atoms. The molecule has 1 saturated carbocycles. The van der Waals surface area contributed by atoms with Crippen molar-refractivity contribution in [2.45, 2.75) is 30.9 Å². The first-order chi connectivity index (χ1) is 6.86. The van der Waals surface area contributed by atoms with Gasteiger partial charge in [-0.05, 0) is 31.7 Å². The van der Waals surface area contributed by atoms with Crippen LogP contribution in [0.4, 0.5) is 0 Å². The quantitative estimate of drug-likeness (QED) is 0.760. The number of nitrogens with zero attached hydrogens (tertiary/aromatic N) is 2. The molecule has 84 valence electrons. The zero-order chi connectivity index (χ0) is 11.3. The summed E-state index contributed by atoms with van der Waals surface area (Å²) in [5.41, 5.74) is 1.97. The lowest BCUT2D eigenvalue weighted by molar-refractivity contribution is 0.589. The second-order valence-electron chi connectivity index (χ2n) is 4.18. The minimum Gasteiger partial charge on any atom is -0.273 e. The molecule has 0 bridgehead atoms. The van der Waals surface area contributed by atoms with E-state index in [9.17, 15) is 8.42 Å². The highest BCUT2D eigenvalue weighted by molar-refractivity contribution is 8.15. The maximum absolute atomic E-state index is 11.4. The standard InChI is InChI=1S/C9H13ClN2O2S/c1-7-8(6-11-12(7)2)5-9(3-4-9)15(10,13)14/h6H,3-5H2,1-2H3. The zero-order valence-electron chi connectivity index (χ0n) is 8.70. The molecule has 1 fully saturated rings. The summed E-state index contributed by atoms with van der Waals surface area (Å²) in [4.78, 5) is 0. The normalized spacial score (nSPS) is 19.1. The van der Waals surface area contributed by atoms with Crippen molar-refractivity contribution in [1.82, 2.24) is 9.78 Å². The van der Waals surface area contributed by atoms with Gasteiger partial charge < -0.3 is 0 Å². The fourth-order valence-corrected chi connectivity index (χ4v) is 3.26. The Labute approximate surface area is 93.7 Å². The Morgan fingerprint density at radius 3 is 2.53 bits per heavy atom. The number of aromatic nitrogens is 2. The predicted octanol–water partition coefficient (Wildman–Crippen LogP) is 1.37. The lowest BCUT2D eigenvalue weighted by Gasteiger charge is -2.10. The minimum atomic E-state index is -3.46. The fraction of sp³-hybridized carbons (Fsp3) is 0.667. The first-order valence-corrected chi connectivity index (χ1v) is 7.08. The van der Waals surface area contributed by atoms with E-state index < -0.39 is 13.8 Å². The van der Waals surface area contributed by atoms with E-state index in [0.717, 1.165) is 11.3 Å². The minimum absolute atomic E-state index is 0.485. The molecule has 0 unspecified atom stereocenters. The van der Waals surface area contributed by atoms with Gasteiger partial charge in [0, 0.05) is 23.4 Å². The highest BCUT2D eigenvalue weighted by Gasteiger charge is 2.53. The van der Waals surface area contributed by atoms with E-state index in [1.165, 1.54) is 0 Å². The summed E-state index contributed by atoms with van der Waals surface area (Å²) in [5, 5.41) is 4.09. The molecule has 1 aliphatic rings. The van der Waals surface area contributed by atoms with Gasteiger partial charge in [0.05, 0.1) is 10.9 Å². The van der Waals surface area contributed by atoms with Crippen LogP contribution in [-0.4, -0.2) is 22.9 Å². The summed E-state index contributed by atoms with van der Waals surface area (Å²) in [7, 11) is 3.82. The van der Waals surface area contributed by atoms with Gasteiger partial charge in [-0.25, -0.2) is 8.42 Å². The van der Waals surface area contributed by atoms with Crippen LogP contribution in [0.3, 0.4) is 0 Å². The number of hydrogen-bond donors (Lipinski definition) is 0. The van der Waals surface area contributed by atoms with Crippen molar-refractivity contribution in [3.63, 3.8) is 0 Å². The first kappa shape index (κ1) is 11.0. The van der Waals surface area contributed by atoms with E-state index in [1.54, 1.807) is 10.9 Å². The van der Waals surface area contributed by atoms with Crippen LogP contribution in [0.25, 0.3) is 0 Å². The Morgan fingerprint density at radius 2 is 2.20 bits per heavy atom. The highest BCUT2D eigenvalue weighted by Crippen LogP contribution is 2.48. The van der Waals surface area contributed by atoms with Crippen LogP contribution in [-0.2, 0) is 22.5 Å². The van der Waals surface area contributed by atoms with Gasteiger partial charge in [-0.1, -0.05) is 0 Å². The van der Waals surface area contributed by atoms with Crippen LogP contribution < -0.4 is 0 Å². The van der Waals surface area contributed by atoms with Crippen LogP contribution >= 0.6 is 10.7 Å². The summed E-state index contributed by atoms with van der Waals surface area (Å²) in [6, 6.07) is 0. The number of hydrogen-bond acceptors (Lipinski definition) is 3. The van der Waals surface area contributed by atoms with Crippen LogP contribution in [0.15, 0.2) is 6.20 Å². The van der Waals surface area contributed by atoms with Gasteiger partial charge in [-0.3, -0.25) is 4.68 Å². The summed E-state index contributed by atoms with van der Waals surface area (Å²) in [6.45, 7) is 1.93. The molecule has 0 spiro atoms. The second kappa shape index (κ2) is 3.22. The number of aryl methyl sites for hydroxylation is 1. The molecule has 0 radical (unpaired) electrons. The summed E-state index contributed by atoms with van der Waals surface area (Å²) in [5.74, 6) is 0.